The number of piperidine rings is 1. The molecule has 6 heteroatoms. The summed E-state index contributed by atoms with van der Waals surface area (Å²) in [6, 6.07) is 1.93. The van der Waals surface area contributed by atoms with Crippen molar-refractivity contribution in [3.63, 3.8) is 0 Å². The second kappa shape index (κ2) is 7.07. The molecule has 0 radical (unpaired) electrons. The predicted molar refractivity (Wildman–Crippen MR) is 71.5 cm³/mol. The number of hydrogen-bond donors (Lipinski definition) is 1. The predicted octanol–water partition coefficient (Wildman–Crippen LogP) is 1.08. The molecular weight excluding hydrogens is 250 g/mol. The van der Waals surface area contributed by atoms with Crippen LogP contribution >= 0.6 is 0 Å². The lowest BCUT2D eigenvalue weighted by atomic mass is 10.1. The number of nitriles is 1. The summed E-state index contributed by atoms with van der Waals surface area (Å²) < 4.78 is 26.5. The third-order valence-electron chi connectivity index (χ3n) is 3.32. The van der Waals surface area contributed by atoms with Gasteiger partial charge in [-0.3, -0.25) is 0 Å². The fourth-order valence-electron chi connectivity index (χ4n) is 2.35. The molecule has 0 aromatic carbocycles. The molecule has 1 heterocycles. The smallest absolute Gasteiger partial charge is 0.230 e. The molecule has 0 amide bonds. The summed E-state index contributed by atoms with van der Waals surface area (Å²) in [6.07, 6.45) is 2.99. The van der Waals surface area contributed by atoms with Crippen LogP contribution in [0.4, 0.5) is 0 Å². The van der Waals surface area contributed by atoms with Crippen molar-refractivity contribution in [3.8, 4) is 6.07 Å². The highest BCUT2D eigenvalue weighted by Crippen LogP contribution is 2.20. The number of rotatable bonds is 6. The fraction of sp³-hybridized carbons (Fsp3) is 0.917. The first-order chi connectivity index (χ1) is 8.57. The molecule has 18 heavy (non-hydrogen) atoms. The Balaban J connectivity index is 2.92. The van der Waals surface area contributed by atoms with Crippen LogP contribution in [0.2, 0.25) is 0 Å². The maximum Gasteiger partial charge on any atom is 0.230 e. The van der Waals surface area contributed by atoms with Crippen molar-refractivity contribution in [1.29, 1.82) is 5.26 Å². The van der Waals surface area contributed by atoms with E-state index >= 15 is 0 Å². The Morgan fingerprint density at radius 2 is 2.22 bits per heavy atom. The van der Waals surface area contributed by atoms with Gasteiger partial charge in [-0.05, 0) is 32.2 Å². The molecule has 1 N–H and O–H groups in total. The molecule has 1 aliphatic heterocycles. The van der Waals surface area contributed by atoms with Crippen LogP contribution in [0.15, 0.2) is 0 Å². The molecule has 0 aliphatic carbocycles. The molecule has 0 aromatic rings. The third kappa shape index (κ3) is 3.44. The van der Waals surface area contributed by atoms with Gasteiger partial charge < -0.3 is 5.32 Å². The highest BCUT2D eigenvalue weighted by atomic mass is 32.2. The first-order valence-corrected chi connectivity index (χ1v) is 8.19. The minimum atomic E-state index is -3.49. The fourth-order valence-corrected chi connectivity index (χ4v) is 4.26. The van der Waals surface area contributed by atoms with E-state index in [9.17, 15) is 8.42 Å². The van der Waals surface area contributed by atoms with E-state index in [1.165, 1.54) is 0 Å². The Labute approximate surface area is 110 Å². The van der Waals surface area contributed by atoms with E-state index in [0.29, 0.717) is 19.5 Å². The first-order valence-electron chi connectivity index (χ1n) is 6.68. The highest BCUT2D eigenvalue weighted by Gasteiger charge is 2.35. The van der Waals surface area contributed by atoms with E-state index < -0.39 is 15.3 Å². The number of hydrogen-bond acceptors (Lipinski definition) is 4. The van der Waals surface area contributed by atoms with Crippen LogP contribution in [0.1, 0.15) is 39.5 Å². The average Bonchev–Trinajstić information content (AvgIpc) is 2.38. The van der Waals surface area contributed by atoms with Crippen LogP contribution in [0.25, 0.3) is 0 Å². The zero-order valence-corrected chi connectivity index (χ0v) is 12.0. The summed E-state index contributed by atoms with van der Waals surface area (Å²) in [6.45, 7) is 5.86. The maximum absolute atomic E-state index is 12.5. The summed E-state index contributed by atoms with van der Waals surface area (Å²) in [4.78, 5) is 0. The Hall–Kier alpha value is -0.640. The molecule has 0 bridgehead atoms. The van der Waals surface area contributed by atoms with Gasteiger partial charge in [-0.1, -0.05) is 13.8 Å². The van der Waals surface area contributed by atoms with Crippen LogP contribution in [-0.4, -0.2) is 43.6 Å². The maximum atomic E-state index is 12.5. The van der Waals surface area contributed by atoms with Crippen molar-refractivity contribution < 1.29 is 8.42 Å². The SMILES string of the molecule is CCCN(C1CCCNC1)S(=O)(=O)C(C#N)CC. The van der Waals surface area contributed by atoms with Crippen molar-refractivity contribution >= 4 is 10.0 Å². The molecule has 0 aromatic heterocycles. The molecule has 1 fully saturated rings. The van der Waals surface area contributed by atoms with Crippen molar-refractivity contribution in [2.24, 2.45) is 0 Å². The van der Waals surface area contributed by atoms with E-state index in [1.807, 2.05) is 13.0 Å². The Morgan fingerprint density at radius 3 is 2.67 bits per heavy atom. The van der Waals surface area contributed by atoms with Crippen LogP contribution in [0.5, 0.6) is 0 Å². The number of nitrogens with zero attached hydrogens (tertiary/aromatic N) is 2. The van der Waals surface area contributed by atoms with E-state index in [4.69, 9.17) is 5.26 Å². The molecule has 1 aliphatic rings. The standard InChI is InChI=1S/C12H23N3O2S/c1-3-8-15(11-6-5-7-14-10-11)18(16,17)12(4-2)9-13/h11-12,14H,3-8,10H2,1-2H3. The summed E-state index contributed by atoms with van der Waals surface area (Å²) >= 11 is 0. The zero-order valence-electron chi connectivity index (χ0n) is 11.2. The monoisotopic (exact) mass is 273 g/mol. The molecule has 1 rings (SSSR count). The van der Waals surface area contributed by atoms with Gasteiger partial charge in [-0.25, -0.2) is 8.42 Å². The van der Waals surface area contributed by atoms with Crippen LogP contribution in [0.3, 0.4) is 0 Å². The molecule has 0 spiro atoms. The summed E-state index contributed by atoms with van der Waals surface area (Å²) in [5.74, 6) is 0. The molecular formula is C12H23N3O2S. The van der Waals surface area contributed by atoms with E-state index in [1.54, 1.807) is 11.2 Å². The molecule has 1 saturated heterocycles. The van der Waals surface area contributed by atoms with Crippen LogP contribution in [0, 0.1) is 11.3 Å². The second-order valence-electron chi connectivity index (χ2n) is 4.68. The molecule has 2 unspecified atom stereocenters. The molecule has 5 nitrogen and oxygen atoms in total. The molecule has 0 saturated carbocycles. The van der Waals surface area contributed by atoms with Gasteiger partial charge in [0.05, 0.1) is 6.07 Å². The van der Waals surface area contributed by atoms with Gasteiger partial charge in [0, 0.05) is 19.1 Å². The summed E-state index contributed by atoms with van der Waals surface area (Å²) in [5.41, 5.74) is 0. The largest absolute Gasteiger partial charge is 0.315 e. The van der Waals surface area contributed by atoms with Crippen molar-refractivity contribution in [1.82, 2.24) is 9.62 Å². The van der Waals surface area contributed by atoms with Gasteiger partial charge in [0.15, 0.2) is 5.25 Å². The Kier molecular flexibility index (Phi) is 6.06. The molecule has 2 atom stereocenters. The van der Waals surface area contributed by atoms with Crippen LogP contribution < -0.4 is 5.32 Å². The van der Waals surface area contributed by atoms with E-state index in [2.05, 4.69) is 5.32 Å². The second-order valence-corrected chi connectivity index (χ2v) is 6.75. The highest BCUT2D eigenvalue weighted by molar-refractivity contribution is 7.90. The van der Waals surface area contributed by atoms with Gasteiger partial charge in [0.2, 0.25) is 10.0 Å². The minimum Gasteiger partial charge on any atom is -0.315 e. The first kappa shape index (κ1) is 15.4. The Bertz CT molecular complexity index is 383. The summed E-state index contributed by atoms with van der Waals surface area (Å²) in [5, 5.41) is 11.3. The van der Waals surface area contributed by atoms with Gasteiger partial charge in [-0.2, -0.15) is 9.57 Å². The third-order valence-corrected chi connectivity index (χ3v) is 5.62. The van der Waals surface area contributed by atoms with E-state index in [0.717, 1.165) is 25.8 Å². The van der Waals surface area contributed by atoms with Gasteiger partial charge in [-0.15, -0.1) is 0 Å². The quantitative estimate of drug-likeness (QED) is 0.786. The van der Waals surface area contributed by atoms with Crippen molar-refractivity contribution in [2.75, 3.05) is 19.6 Å². The van der Waals surface area contributed by atoms with Crippen molar-refractivity contribution in [3.05, 3.63) is 0 Å². The minimum absolute atomic E-state index is 0.00565. The van der Waals surface area contributed by atoms with Gasteiger partial charge in [0.25, 0.3) is 0 Å². The number of sulfonamides is 1. The Morgan fingerprint density at radius 1 is 1.50 bits per heavy atom. The lowest BCUT2D eigenvalue weighted by molar-refractivity contribution is 0.264. The van der Waals surface area contributed by atoms with E-state index in [-0.39, 0.29) is 6.04 Å². The van der Waals surface area contributed by atoms with Gasteiger partial charge in [0.1, 0.15) is 0 Å². The van der Waals surface area contributed by atoms with Crippen molar-refractivity contribution in [2.45, 2.75) is 50.8 Å². The lowest BCUT2D eigenvalue weighted by Gasteiger charge is -2.34. The molecule has 104 valence electrons. The number of nitrogens with one attached hydrogen (secondary N) is 1. The van der Waals surface area contributed by atoms with Gasteiger partial charge >= 0.3 is 0 Å². The normalized spacial score (nSPS) is 22.7. The zero-order chi connectivity index (χ0) is 13.6. The topological polar surface area (TPSA) is 73.2 Å². The summed E-state index contributed by atoms with van der Waals surface area (Å²) in [7, 11) is -3.49. The lowest BCUT2D eigenvalue weighted by Crippen LogP contribution is -2.51. The average molecular weight is 273 g/mol. The van der Waals surface area contributed by atoms with Crippen LogP contribution in [-0.2, 0) is 10.0 Å².